The molecule has 2 rings (SSSR count). The summed E-state index contributed by atoms with van der Waals surface area (Å²) in [5, 5.41) is 11.5. The van der Waals surface area contributed by atoms with E-state index in [9.17, 15) is 14.9 Å². The lowest BCUT2D eigenvalue weighted by atomic mass is 9.91. The number of hydrogen-bond donors (Lipinski definition) is 0. The standard InChI is InChI=1S/C16H13Cl2NO3/c17-14-8-4-7-13(16(14)18)12(10-19(21)22)9-15(20)11-5-2-1-3-6-11/h1-8,12H,9-10H2/t12-/m0/s1. The predicted octanol–water partition coefficient (Wildman–Crippen LogP) is 4.63. The van der Waals surface area contributed by atoms with Crippen molar-refractivity contribution >= 4 is 29.0 Å². The molecule has 0 aliphatic carbocycles. The fraction of sp³-hybridized carbons (Fsp3) is 0.188. The molecular weight excluding hydrogens is 325 g/mol. The summed E-state index contributed by atoms with van der Waals surface area (Å²) in [5.74, 6) is -0.780. The number of hydrogen-bond acceptors (Lipinski definition) is 3. The molecule has 0 bridgehead atoms. The monoisotopic (exact) mass is 337 g/mol. The number of rotatable bonds is 6. The van der Waals surface area contributed by atoms with E-state index in [-0.39, 0.29) is 23.8 Å². The summed E-state index contributed by atoms with van der Waals surface area (Å²) in [4.78, 5) is 22.8. The van der Waals surface area contributed by atoms with E-state index >= 15 is 0 Å². The maximum atomic E-state index is 12.3. The van der Waals surface area contributed by atoms with Crippen LogP contribution < -0.4 is 0 Å². The molecule has 2 aromatic carbocycles. The Morgan fingerprint density at radius 1 is 1.09 bits per heavy atom. The highest BCUT2D eigenvalue weighted by molar-refractivity contribution is 6.42. The fourth-order valence-electron chi connectivity index (χ4n) is 2.25. The zero-order valence-electron chi connectivity index (χ0n) is 11.5. The van der Waals surface area contributed by atoms with Crippen molar-refractivity contribution in [3.8, 4) is 0 Å². The van der Waals surface area contributed by atoms with Crippen molar-refractivity contribution in [1.29, 1.82) is 0 Å². The Balaban J connectivity index is 2.29. The van der Waals surface area contributed by atoms with Crippen molar-refractivity contribution in [1.82, 2.24) is 0 Å². The van der Waals surface area contributed by atoms with Crippen LogP contribution in [0.3, 0.4) is 0 Å². The van der Waals surface area contributed by atoms with Gasteiger partial charge >= 0.3 is 0 Å². The second kappa shape index (κ2) is 7.38. The molecule has 0 aliphatic rings. The molecule has 0 unspecified atom stereocenters. The normalized spacial score (nSPS) is 11.9. The Morgan fingerprint density at radius 2 is 1.77 bits per heavy atom. The van der Waals surface area contributed by atoms with Crippen molar-refractivity contribution in [3.63, 3.8) is 0 Å². The highest BCUT2D eigenvalue weighted by Gasteiger charge is 2.25. The summed E-state index contributed by atoms with van der Waals surface area (Å²) in [6.45, 7) is -0.376. The molecule has 0 spiro atoms. The van der Waals surface area contributed by atoms with Gasteiger partial charge in [0.1, 0.15) is 0 Å². The van der Waals surface area contributed by atoms with Crippen LogP contribution in [0.5, 0.6) is 0 Å². The van der Waals surface area contributed by atoms with Gasteiger partial charge in [0.15, 0.2) is 5.78 Å². The van der Waals surface area contributed by atoms with Gasteiger partial charge in [-0.2, -0.15) is 0 Å². The highest BCUT2D eigenvalue weighted by atomic mass is 35.5. The van der Waals surface area contributed by atoms with E-state index in [1.807, 2.05) is 0 Å². The molecule has 0 saturated heterocycles. The Kier molecular flexibility index (Phi) is 5.52. The molecule has 2 aromatic rings. The predicted molar refractivity (Wildman–Crippen MR) is 86.5 cm³/mol. The molecule has 114 valence electrons. The molecule has 0 heterocycles. The van der Waals surface area contributed by atoms with Gasteiger partial charge in [0.05, 0.1) is 16.0 Å². The van der Waals surface area contributed by atoms with Crippen molar-refractivity contribution in [2.75, 3.05) is 6.54 Å². The number of carbonyl (C=O) groups is 1. The molecule has 0 N–H and O–H groups in total. The quantitative estimate of drug-likeness (QED) is 0.438. The lowest BCUT2D eigenvalue weighted by molar-refractivity contribution is -0.483. The Hall–Kier alpha value is -1.91. The maximum absolute atomic E-state index is 12.3. The van der Waals surface area contributed by atoms with Gasteiger partial charge in [-0.15, -0.1) is 0 Å². The third kappa shape index (κ3) is 4.06. The Morgan fingerprint density at radius 3 is 2.41 bits per heavy atom. The molecular formula is C16H13Cl2NO3. The van der Waals surface area contributed by atoms with E-state index in [0.717, 1.165) is 0 Å². The molecule has 0 aromatic heterocycles. The first-order valence-corrected chi connectivity index (χ1v) is 7.38. The Bertz CT molecular complexity index is 689. The number of nitrogens with zero attached hydrogens (tertiary/aromatic N) is 1. The summed E-state index contributed by atoms with van der Waals surface area (Å²) >= 11 is 12.1. The first-order chi connectivity index (χ1) is 10.5. The lowest BCUT2D eigenvalue weighted by Crippen LogP contribution is -2.17. The van der Waals surface area contributed by atoms with E-state index in [0.29, 0.717) is 16.1 Å². The van der Waals surface area contributed by atoms with Crippen LogP contribution in [0.4, 0.5) is 0 Å². The first-order valence-electron chi connectivity index (χ1n) is 6.63. The van der Waals surface area contributed by atoms with E-state index in [1.165, 1.54) is 0 Å². The van der Waals surface area contributed by atoms with Crippen molar-refractivity contribution in [2.24, 2.45) is 0 Å². The van der Waals surface area contributed by atoms with Crippen molar-refractivity contribution in [2.45, 2.75) is 12.3 Å². The SMILES string of the molecule is O=C(C[C@@H](C[N+](=O)[O-])c1cccc(Cl)c1Cl)c1ccccc1. The van der Waals surface area contributed by atoms with Crippen molar-refractivity contribution in [3.05, 3.63) is 79.8 Å². The minimum atomic E-state index is -0.617. The van der Waals surface area contributed by atoms with Gasteiger partial charge in [-0.1, -0.05) is 65.7 Å². The number of carbonyl (C=O) groups excluding carboxylic acids is 1. The van der Waals surface area contributed by atoms with Crippen LogP contribution in [0.2, 0.25) is 10.0 Å². The summed E-state index contributed by atoms with van der Waals surface area (Å²) < 4.78 is 0. The summed E-state index contributed by atoms with van der Waals surface area (Å²) in [7, 11) is 0. The largest absolute Gasteiger partial charge is 0.294 e. The minimum absolute atomic E-state index is 0.00502. The van der Waals surface area contributed by atoms with E-state index in [2.05, 4.69) is 0 Å². The van der Waals surface area contributed by atoms with E-state index in [4.69, 9.17) is 23.2 Å². The zero-order chi connectivity index (χ0) is 16.1. The molecule has 1 atom stereocenters. The van der Waals surface area contributed by atoms with Gasteiger partial charge < -0.3 is 0 Å². The van der Waals surface area contributed by atoms with Gasteiger partial charge in [-0.05, 0) is 11.6 Å². The van der Waals surface area contributed by atoms with Crippen LogP contribution in [0, 0.1) is 10.1 Å². The second-order valence-electron chi connectivity index (χ2n) is 4.85. The summed E-state index contributed by atoms with van der Waals surface area (Å²) in [6.07, 6.45) is 0.00502. The number of halogens is 2. The van der Waals surface area contributed by atoms with Gasteiger partial charge in [-0.3, -0.25) is 14.9 Å². The number of Topliss-reactive ketones (excluding diaryl/α,β-unsaturated/α-hetero) is 1. The van der Waals surface area contributed by atoms with Crippen LogP contribution in [0.1, 0.15) is 28.3 Å². The van der Waals surface area contributed by atoms with Gasteiger partial charge in [0.2, 0.25) is 6.54 Å². The average molecular weight is 338 g/mol. The molecule has 0 aliphatic heterocycles. The van der Waals surface area contributed by atoms with Gasteiger partial charge in [0.25, 0.3) is 0 Å². The number of benzene rings is 2. The molecule has 6 heteroatoms. The van der Waals surface area contributed by atoms with E-state index in [1.54, 1.807) is 48.5 Å². The number of nitro groups is 1. The molecule has 0 fully saturated rings. The Labute approximate surface area is 137 Å². The lowest BCUT2D eigenvalue weighted by Gasteiger charge is -2.15. The third-order valence-corrected chi connectivity index (χ3v) is 4.15. The zero-order valence-corrected chi connectivity index (χ0v) is 13.1. The van der Waals surface area contributed by atoms with Crippen LogP contribution in [0.15, 0.2) is 48.5 Å². The van der Waals surface area contributed by atoms with E-state index < -0.39 is 10.8 Å². The molecule has 0 amide bonds. The molecule has 22 heavy (non-hydrogen) atoms. The highest BCUT2D eigenvalue weighted by Crippen LogP contribution is 2.33. The van der Waals surface area contributed by atoms with Crippen LogP contribution in [-0.4, -0.2) is 17.3 Å². The first kappa shape index (κ1) is 16.5. The number of ketones is 1. The average Bonchev–Trinajstić information content (AvgIpc) is 2.50. The van der Waals surface area contributed by atoms with Crippen LogP contribution in [-0.2, 0) is 0 Å². The van der Waals surface area contributed by atoms with Gasteiger partial charge in [-0.25, -0.2) is 0 Å². The van der Waals surface area contributed by atoms with Crippen LogP contribution >= 0.6 is 23.2 Å². The topological polar surface area (TPSA) is 60.2 Å². The van der Waals surface area contributed by atoms with Crippen molar-refractivity contribution < 1.29 is 9.72 Å². The summed E-state index contributed by atoms with van der Waals surface area (Å²) in [6, 6.07) is 13.6. The second-order valence-corrected chi connectivity index (χ2v) is 5.63. The van der Waals surface area contributed by atoms with Gasteiger partial charge in [0, 0.05) is 16.9 Å². The molecule has 0 saturated carbocycles. The van der Waals surface area contributed by atoms with Crippen LogP contribution in [0.25, 0.3) is 0 Å². The summed E-state index contributed by atoms with van der Waals surface area (Å²) in [5.41, 5.74) is 1.05. The molecule has 4 nitrogen and oxygen atoms in total. The third-order valence-electron chi connectivity index (χ3n) is 3.32. The maximum Gasteiger partial charge on any atom is 0.211 e. The smallest absolute Gasteiger partial charge is 0.211 e. The molecule has 0 radical (unpaired) electrons. The fourth-order valence-corrected chi connectivity index (χ4v) is 2.72. The minimum Gasteiger partial charge on any atom is -0.294 e.